The molecule has 0 spiro atoms. The number of hydrogen-bond donors (Lipinski definition) is 2. The highest BCUT2D eigenvalue weighted by Crippen LogP contribution is 2.17. The largest absolute Gasteiger partial charge is 0.335 e. The maximum Gasteiger partial charge on any atom is 0.321 e. The van der Waals surface area contributed by atoms with Crippen molar-refractivity contribution in [1.29, 1.82) is 0 Å². The van der Waals surface area contributed by atoms with E-state index < -0.39 is 0 Å². The highest BCUT2D eigenvalue weighted by molar-refractivity contribution is 6.30. The number of carbonyl (C=O) groups is 2. The second kappa shape index (κ2) is 7.75. The van der Waals surface area contributed by atoms with Gasteiger partial charge in [-0.05, 0) is 43.9 Å². The second-order valence-corrected chi connectivity index (χ2v) is 6.78. The molecule has 2 heterocycles. The molecular weight excluding hydrogens is 328 g/mol. The molecule has 2 aliphatic rings. The van der Waals surface area contributed by atoms with Crippen LogP contribution < -0.4 is 10.6 Å². The highest BCUT2D eigenvalue weighted by atomic mass is 35.5. The van der Waals surface area contributed by atoms with Gasteiger partial charge in [-0.1, -0.05) is 17.7 Å². The Morgan fingerprint density at radius 2 is 1.67 bits per heavy atom. The minimum absolute atomic E-state index is 0.0364. The van der Waals surface area contributed by atoms with E-state index in [0.717, 1.165) is 38.8 Å². The van der Waals surface area contributed by atoms with Gasteiger partial charge in [-0.15, -0.1) is 0 Å². The van der Waals surface area contributed by atoms with Crippen LogP contribution in [0.3, 0.4) is 0 Å². The van der Waals surface area contributed by atoms with E-state index in [9.17, 15) is 9.59 Å². The maximum absolute atomic E-state index is 12.3. The molecule has 0 unspecified atom stereocenters. The molecule has 130 valence electrons. The first-order valence-corrected chi connectivity index (χ1v) is 8.86. The first-order valence-electron chi connectivity index (χ1n) is 8.49. The van der Waals surface area contributed by atoms with Crippen molar-refractivity contribution in [1.82, 2.24) is 15.1 Å². The number of carbonyl (C=O) groups excluding carboxylic acids is 2. The number of benzene rings is 1. The number of halogens is 1. The first-order chi connectivity index (χ1) is 11.6. The molecule has 2 N–H and O–H groups in total. The van der Waals surface area contributed by atoms with E-state index in [2.05, 4.69) is 10.6 Å². The lowest BCUT2D eigenvalue weighted by Crippen LogP contribution is -2.50. The molecule has 1 aromatic rings. The number of rotatable bonds is 2. The van der Waals surface area contributed by atoms with Crippen molar-refractivity contribution in [2.24, 2.45) is 0 Å². The van der Waals surface area contributed by atoms with Gasteiger partial charge < -0.3 is 20.4 Å². The van der Waals surface area contributed by atoms with Crippen molar-refractivity contribution in [3.63, 3.8) is 0 Å². The monoisotopic (exact) mass is 350 g/mol. The molecule has 3 rings (SSSR count). The van der Waals surface area contributed by atoms with Crippen molar-refractivity contribution in [2.45, 2.75) is 31.7 Å². The summed E-state index contributed by atoms with van der Waals surface area (Å²) in [5, 5.41) is 6.54. The fraction of sp³-hybridized carbons (Fsp3) is 0.529. The van der Waals surface area contributed by atoms with Crippen LogP contribution in [0.1, 0.15) is 25.7 Å². The number of hydrogen-bond acceptors (Lipinski definition) is 2. The molecule has 0 aromatic heterocycles. The van der Waals surface area contributed by atoms with Crippen LogP contribution in [0.5, 0.6) is 0 Å². The standard InChI is InChI=1S/C17H23ClN4O2/c18-13-4-3-5-15(12-13)20-17(24)22-10-6-14(7-11-22)19-16(23)21-8-1-2-9-21/h3-5,12,14H,1-2,6-11H2,(H,19,23)(H,20,24). The number of nitrogens with zero attached hydrogens (tertiary/aromatic N) is 2. The van der Waals surface area contributed by atoms with E-state index in [4.69, 9.17) is 11.6 Å². The Bertz CT molecular complexity index is 596. The predicted octanol–water partition coefficient (Wildman–Crippen LogP) is 3.14. The normalized spacial score (nSPS) is 18.5. The summed E-state index contributed by atoms with van der Waals surface area (Å²) in [5.74, 6) is 0. The molecule has 0 bridgehead atoms. The van der Waals surface area contributed by atoms with Gasteiger partial charge in [0.25, 0.3) is 0 Å². The van der Waals surface area contributed by atoms with Crippen LogP contribution >= 0.6 is 11.6 Å². The Hall–Kier alpha value is -1.95. The Kier molecular flexibility index (Phi) is 5.45. The van der Waals surface area contributed by atoms with Crippen molar-refractivity contribution in [3.8, 4) is 0 Å². The zero-order valence-corrected chi connectivity index (χ0v) is 14.4. The van der Waals surface area contributed by atoms with Crippen LogP contribution in [0.25, 0.3) is 0 Å². The summed E-state index contributed by atoms with van der Waals surface area (Å²) >= 11 is 5.93. The summed E-state index contributed by atoms with van der Waals surface area (Å²) in [6, 6.07) is 7.17. The van der Waals surface area contributed by atoms with Gasteiger partial charge in [0.2, 0.25) is 0 Å². The number of anilines is 1. The van der Waals surface area contributed by atoms with Crippen LogP contribution in [0.2, 0.25) is 5.02 Å². The first kappa shape index (κ1) is 16.9. The Morgan fingerprint density at radius 3 is 2.33 bits per heavy atom. The summed E-state index contributed by atoms with van der Waals surface area (Å²) in [6.07, 6.45) is 3.75. The minimum atomic E-state index is -0.124. The molecule has 0 atom stereocenters. The van der Waals surface area contributed by atoms with Gasteiger partial charge >= 0.3 is 12.1 Å². The SMILES string of the molecule is O=C(Nc1cccc(Cl)c1)N1CCC(NC(=O)N2CCCC2)CC1. The lowest BCUT2D eigenvalue weighted by molar-refractivity contribution is 0.179. The summed E-state index contributed by atoms with van der Waals surface area (Å²) in [4.78, 5) is 28.1. The minimum Gasteiger partial charge on any atom is -0.335 e. The molecule has 7 heteroatoms. The van der Waals surface area contributed by atoms with Crippen LogP contribution in [0.4, 0.5) is 15.3 Å². The van der Waals surface area contributed by atoms with E-state index in [1.807, 2.05) is 11.0 Å². The molecule has 6 nitrogen and oxygen atoms in total. The van der Waals surface area contributed by atoms with Gasteiger partial charge in [0.1, 0.15) is 0 Å². The molecule has 0 saturated carbocycles. The molecule has 1 aromatic carbocycles. The number of urea groups is 2. The number of amides is 4. The summed E-state index contributed by atoms with van der Waals surface area (Å²) < 4.78 is 0. The number of likely N-dealkylation sites (tertiary alicyclic amines) is 2. The van der Waals surface area contributed by atoms with Gasteiger partial charge in [0.05, 0.1) is 0 Å². The maximum atomic E-state index is 12.3. The van der Waals surface area contributed by atoms with Crippen molar-refractivity contribution < 1.29 is 9.59 Å². The Balaban J connectivity index is 1.44. The molecule has 2 saturated heterocycles. The van der Waals surface area contributed by atoms with Crippen LogP contribution in [0.15, 0.2) is 24.3 Å². The molecular formula is C17H23ClN4O2. The van der Waals surface area contributed by atoms with Gasteiger partial charge in [-0.3, -0.25) is 0 Å². The van der Waals surface area contributed by atoms with Crippen LogP contribution in [-0.2, 0) is 0 Å². The third-order valence-corrected chi connectivity index (χ3v) is 4.81. The lowest BCUT2D eigenvalue weighted by atomic mass is 10.1. The van der Waals surface area contributed by atoms with Crippen molar-refractivity contribution >= 4 is 29.4 Å². The molecule has 0 radical (unpaired) electrons. The fourth-order valence-electron chi connectivity index (χ4n) is 3.18. The average Bonchev–Trinajstić information content (AvgIpc) is 3.10. The van der Waals surface area contributed by atoms with E-state index in [1.165, 1.54) is 0 Å². The third kappa shape index (κ3) is 4.32. The third-order valence-electron chi connectivity index (χ3n) is 4.58. The van der Waals surface area contributed by atoms with Gasteiger partial charge in [0.15, 0.2) is 0 Å². The number of piperidine rings is 1. The van der Waals surface area contributed by atoms with Crippen LogP contribution in [-0.4, -0.2) is 54.1 Å². The van der Waals surface area contributed by atoms with E-state index in [-0.39, 0.29) is 18.1 Å². The smallest absolute Gasteiger partial charge is 0.321 e. The van der Waals surface area contributed by atoms with Gasteiger partial charge in [0, 0.05) is 42.9 Å². The number of nitrogens with one attached hydrogen (secondary N) is 2. The second-order valence-electron chi connectivity index (χ2n) is 6.35. The summed E-state index contributed by atoms with van der Waals surface area (Å²) in [5.41, 5.74) is 0.692. The van der Waals surface area contributed by atoms with Crippen molar-refractivity contribution in [2.75, 3.05) is 31.5 Å². The topological polar surface area (TPSA) is 64.7 Å². The van der Waals surface area contributed by atoms with Gasteiger partial charge in [-0.2, -0.15) is 0 Å². The van der Waals surface area contributed by atoms with E-state index >= 15 is 0 Å². The Labute approximate surface area is 147 Å². The van der Waals surface area contributed by atoms with E-state index in [1.54, 1.807) is 23.1 Å². The Morgan fingerprint density at radius 1 is 1.00 bits per heavy atom. The van der Waals surface area contributed by atoms with Gasteiger partial charge in [-0.25, -0.2) is 9.59 Å². The predicted molar refractivity (Wildman–Crippen MR) is 94.4 cm³/mol. The highest BCUT2D eigenvalue weighted by Gasteiger charge is 2.26. The summed E-state index contributed by atoms with van der Waals surface area (Å²) in [6.45, 7) is 2.98. The average molecular weight is 351 g/mol. The lowest BCUT2D eigenvalue weighted by Gasteiger charge is -2.33. The summed E-state index contributed by atoms with van der Waals surface area (Å²) in [7, 11) is 0. The van der Waals surface area contributed by atoms with E-state index in [0.29, 0.717) is 23.8 Å². The molecule has 2 aliphatic heterocycles. The molecule has 0 aliphatic carbocycles. The fourth-order valence-corrected chi connectivity index (χ4v) is 3.37. The quantitative estimate of drug-likeness (QED) is 0.860. The van der Waals surface area contributed by atoms with Crippen LogP contribution in [0, 0.1) is 0 Å². The zero-order valence-electron chi connectivity index (χ0n) is 13.6. The van der Waals surface area contributed by atoms with Crippen molar-refractivity contribution in [3.05, 3.63) is 29.3 Å². The molecule has 24 heavy (non-hydrogen) atoms. The molecule has 2 fully saturated rings. The molecule has 4 amide bonds. The zero-order chi connectivity index (χ0) is 16.9.